The number of nitrogens with one attached hydrogen (secondary N) is 1. The Hall–Kier alpha value is -0.800. The van der Waals surface area contributed by atoms with Gasteiger partial charge in [-0.2, -0.15) is 0 Å². The van der Waals surface area contributed by atoms with Gasteiger partial charge in [0.15, 0.2) is 0 Å². The maximum absolute atomic E-state index is 6.21. The second kappa shape index (κ2) is 6.31. The minimum Gasteiger partial charge on any atom is -0.459 e. The van der Waals surface area contributed by atoms with Crippen LogP contribution in [0.2, 0.25) is 0 Å². The lowest BCUT2D eigenvalue weighted by Gasteiger charge is -2.19. The first-order valence-corrected chi connectivity index (χ1v) is 8.19. The summed E-state index contributed by atoms with van der Waals surface area (Å²) < 4.78 is 7.32. The number of hydrogen-bond donors (Lipinski definition) is 1. The SMILES string of the molecule is CCNC(c1cc2cc(Br)cc(C(C)C)c2o1)C(C)C. The van der Waals surface area contributed by atoms with Crippen molar-refractivity contribution in [3.8, 4) is 0 Å². The van der Waals surface area contributed by atoms with E-state index in [1.54, 1.807) is 0 Å². The first-order valence-electron chi connectivity index (χ1n) is 7.40. The second-order valence-corrected chi connectivity index (χ2v) is 6.91. The molecule has 0 aliphatic rings. The summed E-state index contributed by atoms with van der Waals surface area (Å²) in [6.07, 6.45) is 0. The van der Waals surface area contributed by atoms with Crippen molar-refractivity contribution >= 4 is 26.9 Å². The maximum atomic E-state index is 6.21. The Bertz CT molecular complexity index is 586. The zero-order valence-corrected chi connectivity index (χ0v) is 14.5. The van der Waals surface area contributed by atoms with Gasteiger partial charge in [0.05, 0.1) is 6.04 Å². The molecule has 2 aromatic rings. The molecule has 0 amide bonds. The average Bonchev–Trinajstić information content (AvgIpc) is 2.77. The van der Waals surface area contributed by atoms with Crippen molar-refractivity contribution in [2.75, 3.05) is 6.54 Å². The highest BCUT2D eigenvalue weighted by Crippen LogP contribution is 2.35. The highest BCUT2D eigenvalue weighted by molar-refractivity contribution is 9.10. The summed E-state index contributed by atoms with van der Waals surface area (Å²) in [6, 6.07) is 6.75. The third-order valence-electron chi connectivity index (χ3n) is 3.65. The van der Waals surface area contributed by atoms with Crippen LogP contribution < -0.4 is 5.32 Å². The van der Waals surface area contributed by atoms with Crippen LogP contribution >= 0.6 is 15.9 Å². The quantitative estimate of drug-likeness (QED) is 0.765. The number of rotatable bonds is 5. The van der Waals surface area contributed by atoms with Crippen molar-refractivity contribution in [3.05, 3.63) is 34.0 Å². The third kappa shape index (κ3) is 3.09. The summed E-state index contributed by atoms with van der Waals surface area (Å²) in [6.45, 7) is 11.9. The average molecular weight is 338 g/mol. The first-order chi connectivity index (χ1) is 9.43. The van der Waals surface area contributed by atoms with Crippen LogP contribution in [0.25, 0.3) is 11.0 Å². The molecule has 2 nitrogen and oxygen atoms in total. The van der Waals surface area contributed by atoms with E-state index in [2.05, 4.69) is 74.1 Å². The zero-order valence-electron chi connectivity index (χ0n) is 13.0. The molecule has 1 atom stereocenters. The van der Waals surface area contributed by atoms with Gasteiger partial charge in [-0.15, -0.1) is 0 Å². The maximum Gasteiger partial charge on any atom is 0.137 e. The van der Waals surface area contributed by atoms with Crippen molar-refractivity contribution in [3.63, 3.8) is 0 Å². The molecule has 0 saturated carbocycles. The molecule has 1 N–H and O–H groups in total. The van der Waals surface area contributed by atoms with Crippen molar-refractivity contribution in [2.45, 2.75) is 46.6 Å². The van der Waals surface area contributed by atoms with Gasteiger partial charge in [-0.1, -0.05) is 50.5 Å². The van der Waals surface area contributed by atoms with Gasteiger partial charge in [-0.05, 0) is 42.1 Å². The Morgan fingerprint density at radius 2 is 1.85 bits per heavy atom. The molecule has 1 unspecified atom stereocenters. The normalized spacial score (nSPS) is 13.6. The summed E-state index contributed by atoms with van der Waals surface area (Å²) in [7, 11) is 0. The smallest absolute Gasteiger partial charge is 0.137 e. The molecular weight excluding hydrogens is 314 g/mol. The molecule has 0 saturated heterocycles. The van der Waals surface area contributed by atoms with E-state index in [1.807, 2.05) is 0 Å². The molecule has 0 fully saturated rings. The van der Waals surface area contributed by atoms with Gasteiger partial charge in [-0.25, -0.2) is 0 Å². The van der Waals surface area contributed by atoms with E-state index in [0.29, 0.717) is 11.8 Å². The van der Waals surface area contributed by atoms with E-state index >= 15 is 0 Å². The van der Waals surface area contributed by atoms with Gasteiger partial charge in [0.25, 0.3) is 0 Å². The van der Waals surface area contributed by atoms with Crippen LogP contribution in [0.5, 0.6) is 0 Å². The van der Waals surface area contributed by atoms with Gasteiger partial charge >= 0.3 is 0 Å². The van der Waals surface area contributed by atoms with Crippen LogP contribution in [-0.4, -0.2) is 6.54 Å². The Labute approximate surface area is 130 Å². The summed E-state index contributed by atoms with van der Waals surface area (Å²) >= 11 is 3.60. The molecule has 1 aromatic carbocycles. The van der Waals surface area contributed by atoms with Crippen molar-refractivity contribution < 1.29 is 4.42 Å². The Kier molecular flexibility index (Phi) is 4.92. The van der Waals surface area contributed by atoms with Gasteiger partial charge in [0.2, 0.25) is 0 Å². The molecule has 0 bridgehead atoms. The predicted molar refractivity (Wildman–Crippen MR) is 89.3 cm³/mol. The van der Waals surface area contributed by atoms with E-state index in [0.717, 1.165) is 22.4 Å². The lowest BCUT2D eigenvalue weighted by atomic mass is 10.00. The van der Waals surface area contributed by atoms with Crippen LogP contribution in [0.15, 0.2) is 27.1 Å². The Morgan fingerprint density at radius 3 is 2.40 bits per heavy atom. The largest absolute Gasteiger partial charge is 0.459 e. The molecule has 1 aromatic heterocycles. The molecule has 20 heavy (non-hydrogen) atoms. The zero-order chi connectivity index (χ0) is 14.9. The monoisotopic (exact) mass is 337 g/mol. The van der Waals surface area contributed by atoms with Crippen LogP contribution in [0, 0.1) is 5.92 Å². The van der Waals surface area contributed by atoms with Crippen molar-refractivity contribution in [2.24, 2.45) is 5.92 Å². The highest BCUT2D eigenvalue weighted by Gasteiger charge is 2.20. The predicted octanol–water partition coefficient (Wildman–Crippen LogP) is 5.63. The molecule has 3 heteroatoms. The fraction of sp³-hybridized carbons (Fsp3) is 0.529. The Balaban J connectivity index is 2.54. The van der Waals surface area contributed by atoms with Gasteiger partial charge < -0.3 is 9.73 Å². The third-order valence-corrected chi connectivity index (χ3v) is 4.11. The Morgan fingerprint density at radius 1 is 1.15 bits per heavy atom. The van der Waals surface area contributed by atoms with E-state index < -0.39 is 0 Å². The van der Waals surface area contributed by atoms with E-state index in [1.165, 1.54) is 10.9 Å². The summed E-state index contributed by atoms with van der Waals surface area (Å²) in [4.78, 5) is 0. The molecule has 0 radical (unpaired) electrons. The summed E-state index contributed by atoms with van der Waals surface area (Å²) in [5.41, 5.74) is 2.29. The number of fused-ring (bicyclic) bond motifs is 1. The molecule has 1 heterocycles. The number of hydrogen-bond acceptors (Lipinski definition) is 2. The molecular formula is C17H24BrNO. The number of halogens is 1. The number of furan rings is 1. The highest BCUT2D eigenvalue weighted by atomic mass is 79.9. The van der Waals surface area contributed by atoms with Gasteiger partial charge in [0, 0.05) is 9.86 Å². The first kappa shape index (κ1) is 15.6. The minimum absolute atomic E-state index is 0.270. The van der Waals surface area contributed by atoms with Crippen molar-refractivity contribution in [1.29, 1.82) is 0 Å². The van der Waals surface area contributed by atoms with Crippen LogP contribution in [0.3, 0.4) is 0 Å². The molecule has 110 valence electrons. The van der Waals surface area contributed by atoms with Crippen LogP contribution in [0.1, 0.15) is 57.9 Å². The topological polar surface area (TPSA) is 25.2 Å². The lowest BCUT2D eigenvalue weighted by molar-refractivity contribution is 0.356. The number of benzene rings is 1. The lowest BCUT2D eigenvalue weighted by Crippen LogP contribution is -2.24. The molecule has 0 spiro atoms. The van der Waals surface area contributed by atoms with Gasteiger partial charge in [-0.3, -0.25) is 0 Å². The van der Waals surface area contributed by atoms with Crippen molar-refractivity contribution in [1.82, 2.24) is 5.32 Å². The molecule has 2 rings (SSSR count). The standard InChI is InChI=1S/C17H24BrNO/c1-6-19-16(11(4)5)15-8-12-7-13(18)9-14(10(2)3)17(12)20-15/h7-11,16,19H,6H2,1-5H3. The fourth-order valence-corrected chi connectivity index (χ4v) is 3.12. The van der Waals surface area contributed by atoms with Crippen LogP contribution in [0.4, 0.5) is 0 Å². The van der Waals surface area contributed by atoms with Crippen LogP contribution in [-0.2, 0) is 0 Å². The summed E-state index contributed by atoms with van der Waals surface area (Å²) in [5.74, 6) is 1.99. The van der Waals surface area contributed by atoms with E-state index in [4.69, 9.17) is 4.42 Å². The van der Waals surface area contributed by atoms with E-state index in [9.17, 15) is 0 Å². The van der Waals surface area contributed by atoms with E-state index in [-0.39, 0.29) is 6.04 Å². The van der Waals surface area contributed by atoms with Gasteiger partial charge in [0.1, 0.15) is 11.3 Å². The molecule has 0 aliphatic heterocycles. The molecule has 0 aliphatic carbocycles. The fourth-order valence-electron chi connectivity index (χ4n) is 2.63. The minimum atomic E-state index is 0.270. The summed E-state index contributed by atoms with van der Waals surface area (Å²) in [5, 5.41) is 4.70. The second-order valence-electron chi connectivity index (χ2n) is 6.00.